The first kappa shape index (κ1) is 19.4. The van der Waals surface area contributed by atoms with E-state index in [9.17, 15) is 14.7 Å². The molecule has 0 aliphatic heterocycles. The monoisotopic (exact) mass is 376 g/mol. The summed E-state index contributed by atoms with van der Waals surface area (Å²) < 4.78 is 5.52. The summed E-state index contributed by atoms with van der Waals surface area (Å²) in [6, 6.07) is 0. The molecule has 0 bridgehead atoms. The summed E-state index contributed by atoms with van der Waals surface area (Å²) in [5.74, 6) is 2.23. The summed E-state index contributed by atoms with van der Waals surface area (Å²) in [5.41, 5.74) is 0.0332. The lowest BCUT2D eigenvalue weighted by molar-refractivity contribution is -0.170. The number of carbonyl (C=O) groups is 2. The van der Waals surface area contributed by atoms with Gasteiger partial charge in [-0.15, -0.1) is 0 Å². The second-order valence-corrected chi connectivity index (χ2v) is 10.6. The number of esters is 1. The van der Waals surface area contributed by atoms with Crippen molar-refractivity contribution in [1.82, 2.24) is 0 Å². The Bertz CT molecular complexity index is 628. The van der Waals surface area contributed by atoms with E-state index in [-0.39, 0.29) is 40.8 Å². The van der Waals surface area contributed by atoms with Crippen molar-refractivity contribution in [1.29, 1.82) is 0 Å². The van der Waals surface area contributed by atoms with Crippen molar-refractivity contribution in [3.8, 4) is 0 Å². The average molecular weight is 377 g/mol. The molecule has 4 aliphatic rings. The van der Waals surface area contributed by atoms with Crippen LogP contribution in [0.15, 0.2) is 0 Å². The molecule has 0 amide bonds. The van der Waals surface area contributed by atoms with Crippen molar-refractivity contribution in [2.45, 2.75) is 91.3 Å². The Hall–Kier alpha value is -0.900. The average Bonchev–Trinajstić information content (AvgIpc) is 2.91. The lowest BCUT2D eigenvalue weighted by Gasteiger charge is -2.60. The fourth-order valence-corrected chi connectivity index (χ4v) is 8.21. The number of Topliss-reactive ketones (excluding diaryl/α,β-unsaturated/α-hetero) is 1. The van der Waals surface area contributed by atoms with Gasteiger partial charge >= 0.3 is 5.97 Å². The normalized spacial score (nSPS) is 50.3. The van der Waals surface area contributed by atoms with E-state index in [1.807, 2.05) is 6.92 Å². The standard InChI is InChI=1S/C23H36O4/c1-13(24)18-7-8-19-17-6-5-15-11-16(27-14(2)25)9-10-22(15,3)21(17)20(26)12-23(18,19)4/h13,15-19,21,24H,5-12H2,1-4H3/t13?,15?,16-,17?,18?,19?,21?,22?,23?/m1/s1. The molecular weight excluding hydrogens is 340 g/mol. The van der Waals surface area contributed by atoms with E-state index in [4.69, 9.17) is 4.74 Å². The minimum atomic E-state index is -0.324. The largest absolute Gasteiger partial charge is 0.463 e. The van der Waals surface area contributed by atoms with Crippen LogP contribution in [0.5, 0.6) is 0 Å². The highest BCUT2D eigenvalue weighted by Crippen LogP contribution is 2.66. The summed E-state index contributed by atoms with van der Waals surface area (Å²) in [7, 11) is 0. The molecule has 0 spiro atoms. The number of hydrogen-bond acceptors (Lipinski definition) is 4. The Morgan fingerprint density at radius 1 is 1.15 bits per heavy atom. The molecule has 152 valence electrons. The van der Waals surface area contributed by atoms with Gasteiger partial charge in [0.15, 0.2) is 0 Å². The molecule has 4 heteroatoms. The van der Waals surface area contributed by atoms with Crippen LogP contribution in [0.2, 0.25) is 0 Å². The molecule has 0 radical (unpaired) electrons. The third-order valence-corrected chi connectivity index (χ3v) is 9.29. The van der Waals surface area contributed by atoms with Gasteiger partial charge in [0.25, 0.3) is 0 Å². The number of hydrogen-bond donors (Lipinski definition) is 1. The van der Waals surface area contributed by atoms with Gasteiger partial charge in [0.05, 0.1) is 6.10 Å². The number of carbonyl (C=O) groups excluding carboxylic acids is 2. The van der Waals surface area contributed by atoms with Gasteiger partial charge < -0.3 is 9.84 Å². The fourth-order valence-electron chi connectivity index (χ4n) is 8.21. The van der Waals surface area contributed by atoms with Crippen LogP contribution in [0.25, 0.3) is 0 Å². The van der Waals surface area contributed by atoms with Gasteiger partial charge in [-0.25, -0.2) is 0 Å². The molecule has 4 rings (SSSR count). The zero-order valence-corrected chi connectivity index (χ0v) is 17.4. The molecular formula is C23H36O4. The summed E-state index contributed by atoms with van der Waals surface area (Å²) in [6.07, 6.45) is 7.65. The van der Waals surface area contributed by atoms with Crippen molar-refractivity contribution in [2.75, 3.05) is 0 Å². The van der Waals surface area contributed by atoms with Gasteiger partial charge in [-0.05, 0) is 86.4 Å². The van der Waals surface area contributed by atoms with E-state index in [0.29, 0.717) is 30.0 Å². The maximum atomic E-state index is 13.5. The third-order valence-electron chi connectivity index (χ3n) is 9.29. The Morgan fingerprint density at radius 3 is 2.56 bits per heavy atom. The Labute approximate surface area is 163 Å². The quantitative estimate of drug-likeness (QED) is 0.736. The van der Waals surface area contributed by atoms with Gasteiger partial charge in [0.1, 0.15) is 11.9 Å². The topological polar surface area (TPSA) is 63.6 Å². The van der Waals surface area contributed by atoms with Crippen molar-refractivity contribution in [3.63, 3.8) is 0 Å². The summed E-state index contributed by atoms with van der Waals surface area (Å²) in [6.45, 7) is 8.03. The molecule has 27 heavy (non-hydrogen) atoms. The number of fused-ring (bicyclic) bond motifs is 5. The van der Waals surface area contributed by atoms with Crippen LogP contribution in [-0.4, -0.2) is 29.1 Å². The highest BCUT2D eigenvalue weighted by molar-refractivity contribution is 5.84. The van der Waals surface area contributed by atoms with Crippen molar-refractivity contribution in [3.05, 3.63) is 0 Å². The molecule has 4 fully saturated rings. The highest BCUT2D eigenvalue weighted by atomic mass is 16.5. The van der Waals surface area contributed by atoms with Crippen LogP contribution in [-0.2, 0) is 14.3 Å². The first-order chi connectivity index (χ1) is 12.7. The molecule has 4 aliphatic carbocycles. The van der Waals surface area contributed by atoms with Crippen molar-refractivity contribution >= 4 is 11.8 Å². The minimum Gasteiger partial charge on any atom is -0.463 e. The molecule has 8 unspecified atom stereocenters. The Balaban J connectivity index is 1.59. The maximum absolute atomic E-state index is 13.5. The zero-order chi connectivity index (χ0) is 19.6. The van der Waals surface area contributed by atoms with E-state index in [1.54, 1.807) is 0 Å². The van der Waals surface area contributed by atoms with Gasteiger partial charge in [-0.2, -0.15) is 0 Å². The van der Waals surface area contributed by atoms with Crippen molar-refractivity contribution in [2.24, 2.45) is 40.4 Å². The highest BCUT2D eigenvalue weighted by Gasteiger charge is 2.63. The third kappa shape index (κ3) is 2.89. The SMILES string of the molecule is CC(=O)O[C@@H]1CCC2(C)C(CCC3C4CCC(C(C)O)C4(C)CC(=O)C32)C1. The van der Waals surface area contributed by atoms with Gasteiger partial charge in [0.2, 0.25) is 0 Å². The Kier molecular flexibility index (Phi) is 4.73. The predicted octanol–water partition coefficient (Wildman–Crippen LogP) is 4.14. The molecule has 1 N–H and O–H groups in total. The molecule has 0 saturated heterocycles. The van der Waals surface area contributed by atoms with Crippen LogP contribution < -0.4 is 0 Å². The molecule has 4 nitrogen and oxygen atoms in total. The van der Waals surface area contributed by atoms with E-state index in [0.717, 1.165) is 44.9 Å². The lowest BCUT2D eigenvalue weighted by Crippen LogP contribution is -2.58. The second-order valence-electron chi connectivity index (χ2n) is 10.6. The number of aliphatic hydroxyl groups is 1. The van der Waals surface area contributed by atoms with Crippen LogP contribution in [0.1, 0.15) is 79.1 Å². The molecule has 0 aromatic carbocycles. The predicted molar refractivity (Wildman–Crippen MR) is 103 cm³/mol. The smallest absolute Gasteiger partial charge is 0.302 e. The fraction of sp³-hybridized carbons (Fsp3) is 0.913. The number of aliphatic hydroxyl groups excluding tert-OH is 1. The molecule has 9 atom stereocenters. The summed E-state index contributed by atoms with van der Waals surface area (Å²) >= 11 is 0. The first-order valence-electron chi connectivity index (χ1n) is 11.0. The summed E-state index contributed by atoms with van der Waals surface area (Å²) in [5, 5.41) is 10.3. The van der Waals surface area contributed by atoms with Gasteiger partial charge in [-0.1, -0.05) is 13.8 Å². The molecule has 4 saturated carbocycles. The first-order valence-corrected chi connectivity index (χ1v) is 11.0. The number of ether oxygens (including phenoxy) is 1. The van der Waals surface area contributed by atoms with Crippen LogP contribution in [0.4, 0.5) is 0 Å². The molecule has 0 aromatic heterocycles. The van der Waals surface area contributed by atoms with Gasteiger partial charge in [-0.3, -0.25) is 9.59 Å². The van der Waals surface area contributed by atoms with E-state index in [1.165, 1.54) is 6.92 Å². The van der Waals surface area contributed by atoms with Crippen LogP contribution >= 0.6 is 0 Å². The number of ketones is 1. The number of rotatable bonds is 2. The summed E-state index contributed by atoms with van der Waals surface area (Å²) in [4.78, 5) is 24.9. The Morgan fingerprint density at radius 2 is 1.89 bits per heavy atom. The minimum absolute atomic E-state index is 0.0233. The van der Waals surface area contributed by atoms with E-state index < -0.39 is 0 Å². The maximum Gasteiger partial charge on any atom is 0.302 e. The van der Waals surface area contributed by atoms with Gasteiger partial charge in [0, 0.05) is 19.3 Å². The zero-order valence-electron chi connectivity index (χ0n) is 17.4. The van der Waals surface area contributed by atoms with E-state index in [2.05, 4.69) is 13.8 Å². The molecule has 0 heterocycles. The van der Waals surface area contributed by atoms with Crippen molar-refractivity contribution < 1.29 is 19.4 Å². The van der Waals surface area contributed by atoms with Crippen LogP contribution in [0.3, 0.4) is 0 Å². The second kappa shape index (κ2) is 6.57. The van der Waals surface area contributed by atoms with Crippen LogP contribution in [0, 0.1) is 40.4 Å². The lowest BCUT2D eigenvalue weighted by atomic mass is 9.44. The molecule has 0 aromatic rings. The van der Waals surface area contributed by atoms with E-state index >= 15 is 0 Å².